The number of anilines is 1. The van der Waals surface area contributed by atoms with E-state index in [0.29, 0.717) is 5.89 Å². The molecule has 1 aromatic heterocycles. The molecular formula is C18H18N2O2. The van der Waals surface area contributed by atoms with E-state index < -0.39 is 5.41 Å². The van der Waals surface area contributed by atoms with Gasteiger partial charge in [0.05, 0.1) is 0 Å². The molecule has 1 heterocycles. The Labute approximate surface area is 129 Å². The molecule has 112 valence electrons. The van der Waals surface area contributed by atoms with Crippen LogP contribution in [0.5, 0.6) is 0 Å². The molecule has 0 radical (unpaired) electrons. The van der Waals surface area contributed by atoms with Crippen molar-refractivity contribution in [2.45, 2.75) is 20.8 Å². The van der Waals surface area contributed by atoms with Crippen LogP contribution in [-0.4, -0.2) is 10.9 Å². The van der Waals surface area contributed by atoms with Crippen molar-refractivity contribution < 1.29 is 9.21 Å². The molecule has 1 N–H and O–H groups in total. The van der Waals surface area contributed by atoms with E-state index in [1.165, 1.54) is 0 Å². The maximum atomic E-state index is 12.0. The summed E-state index contributed by atoms with van der Waals surface area (Å²) in [7, 11) is 0. The first-order chi connectivity index (χ1) is 10.4. The monoisotopic (exact) mass is 294 g/mol. The highest BCUT2D eigenvalue weighted by molar-refractivity contribution is 5.94. The van der Waals surface area contributed by atoms with Gasteiger partial charge in [-0.3, -0.25) is 4.79 Å². The highest BCUT2D eigenvalue weighted by Crippen LogP contribution is 2.25. The van der Waals surface area contributed by atoms with Crippen molar-refractivity contribution in [2.24, 2.45) is 5.41 Å². The Bertz CT molecular complexity index is 778. The second-order valence-electron chi connectivity index (χ2n) is 6.27. The lowest BCUT2D eigenvalue weighted by Crippen LogP contribution is -2.27. The summed E-state index contributed by atoms with van der Waals surface area (Å²) in [4.78, 5) is 16.4. The van der Waals surface area contributed by atoms with Crippen LogP contribution in [0.1, 0.15) is 20.8 Å². The summed E-state index contributed by atoms with van der Waals surface area (Å²) in [6.45, 7) is 5.65. The van der Waals surface area contributed by atoms with Crippen LogP contribution in [0.2, 0.25) is 0 Å². The SMILES string of the molecule is CC(C)(C)C(=O)Nc1ccc(-c2nc3ccccc3o2)cc1. The molecule has 3 aromatic rings. The van der Waals surface area contributed by atoms with Crippen LogP contribution in [0.4, 0.5) is 5.69 Å². The zero-order chi connectivity index (χ0) is 15.7. The third-order valence-corrected chi connectivity index (χ3v) is 3.36. The molecule has 3 rings (SSSR count). The average Bonchev–Trinajstić information content (AvgIpc) is 2.91. The number of carbonyl (C=O) groups is 1. The molecule has 0 saturated heterocycles. The van der Waals surface area contributed by atoms with Crippen molar-refractivity contribution in [3.63, 3.8) is 0 Å². The second kappa shape index (κ2) is 5.30. The number of rotatable bonds is 2. The number of hydrogen-bond acceptors (Lipinski definition) is 3. The van der Waals surface area contributed by atoms with Gasteiger partial charge in [-0.2, -0.15) is 0 Å². The molecule has 0 saturated carbocycles. The summed E-state index contributed by atoms with van der Waals surface area (Å²) >= 11 is 0. The molecule has 4 nitrogen and oxygen atoms in total. The fourth-order valence-corrected chi connectivity index (χ4v) is 2.01. The molecule has 0 unspecified atom stereocenters. The van der Waals surface area contributed by atoms with Gasteiger partial charge in [-0.1, -0.05) is 32.9 Å². The molecule has 0 fully saturated rings. The van der Waals surface area contributed by atoms with E-state index in [-0.39, 0.29) is 5.91 Å². The van der Waals surface area contributed by atoms with Crippen LogP contribution in [0.15, 0.2) is 52.9 Å². The van der Waals surface area contributed by atoms with Crippen molar-refractivity contribution in [2.75, 3.05) is 5.32 Å². The molecule has 0 aliphatic carbocycles. The van der Waals surface area contributed by atoms with Crippen molar-refractivity contribution in [1.29, 1.82) is 0 Å². The predicted molar refractivity (Wildman–Crippen MR) is 87.5 cm³/mol. The van der Waals surface area contributed by atoms with Gasteiger partial charge in [0, 0.05) is 16.7 Å². The first-order valence-electron chi connectivity index (χ1n) is 7.21. The van der Waals surface area contributed by atoms with Crippen LogP contribution < -0.4 is 5.32 Å². The number of benzene rings is 2. The molecule has 0 aliphatic rings. The molecule has 1 amide bonds. The Hall–Kier alpha value is -2.62. The number of nitrogens with one attached hydrogen (secondary N) is 1. The maximum absolute atomic E-state index is 12.0. The Kier molecular flexibility index (Phi) is 3.45. The van der Waals surface area contributed by atoms with E-state index in [1.54, 1.807) is 0 Å². The van der Waals surface area contributed by atoms with Crippen molar-refractivity contribution in [3.05, 3.63) is 48.5 Å². The van der Waals surface area contributed by atoms with Gasteiger partial charge in [-0.25, -0.2) is 4.98 Å². The number of hydrogen-bond donors (Lipinski definition) is 1. The maximum Gasteiger partial charge on any atom is 0.229 e. The van der Waals surface area contributed by atoms with E-state index in [2.05, 4.69) is 10.3 Å². The smallest absolute Gasteiger partial charge is 0.229 e. The van der Waals surface area contributed by atoms with Crippen LogP contribution in [0, 0.1) is 5.41 Å². The number of nitrogens with zero attached hydrogens (tertiary/aromatic N) is 1. The van der Waals surface area contributed by atoms with Crippen LogP contribution >= 0.6 is 0 Å². The van der Waals surface area contributed by atoms with Crippen LogP contribution in [0.3, 0.4) is 0 Å². The van der Waals surface area contributed by atoms with Gasteiger partial charge in [0.15, 0.2) is 5.58 Å². The minimum Gasteiger partial charge on any atom is -0.436 e. The first-order valence-corrected chi connectivity index (χ1v) is 7.21. The summed E-state index contributed by atoms with van der Waals surface area (Å²) in [5.74, 6) is 0.567. The molecule has 4 heteroatoms. The molecular weight excluding hydrogens is 276 g/mol. The lowest BCUT2D eigenvalue weighted by Gasteiger charge is -2.17. The van der Waals surface area contributed by atoms with E-state index in [9.17, 15) is 4.79 Å². The summed E-state index contributed by atoms with van der Waals surface area (Å²) in [5.41, 5.74) is 2.83. The van der Waals surface area contributed by atoms with Crippen molar-refractivity contribution >= 4 is 22.7 Å². The van der Waals surface area contributed by atoms with Gasteiger partial charge in [0.1, 0.15) is 5.52 Å². The van der Waals surface area contributed by atoms with Crippen LogP contribution in [-0.2, 0) is 4.79 Å². The Balaban J connectivity index is 1.83. The van der Waals surface area contributed by atoms with Gasteiger partial charge in [-0.05, 0) is 36.4 Å². The van der Waals surface area contributed by atoms with Crippen molar-refractivity contribution in [1.82, 2.24) is 4.98 Å². The Morgan fingerprint density at radius 1 is 1.05 bits per heavy atom. The van der Waals surface area contributed by atoms with Gasteiger partial charge < -0.3 is 9.73 Å². The first kappa shape index (κ1) is 14.3. The largest absolute Gasteiger partial charge is 0.436 e. The zero-order valence-corrected chi connectivity index (χ0v) is 12.9. The quantitative estimate of drug-likeness (QED) is 0.758. The van der Waals surface area contributed by atoms with Crippen molar-refractivity contribution in [3.8, 4) is 11.5 Å². The minimum absolute atomic E-state index is 0.0119. The van der Waals surface area contributed by atoms with E-state index in [1.807, 2.05) is 69.3 Å². The molecule has 0 bridgehead atoms. The molecule has 2 aromatic carbocycles. The van der Waals surface area contributed by atoms with Gasteiger partial charge in [0.2, 0.25) is 11.8 Å². The van der Waals surface area contributed by atoms with Gasteiger partial charge in [-0.15, -0.1) is 0 Å². The van der Waals surface area contributed by atoms with Crippen LogP contribution in [0.25, 0.3) is 22.6 Å². The Morgan fingerprint density at radius 2 is 1.73 bits per heavy atom. The summed E-state index contributed by atoms with van der Waals surface area (Å²) in [6, 6.07) is 15.2. The van der Waals surface area contributed by atoms with E-state index in [0.717, 1.165) is 22.4 Å². The van der Waals surface area contributed by atoms with E-state index in [4.69, 9.17) is 4.42 Å². The normalized spacial score (nSPS) is 11.6. The van der Waals surface area contributed by atoms with Gasteiger partial charge in [0.25, 0.3) is 0 Å². The summed E-state index contributed by atoms with van der Waals surface area (Å²) in [6.07, 6.45) is 0. The summed E-state index contributed by atoms with van der Waals surface area (Å²) < 4.78 is 5.73. The standard InChI is InChI=1S/C18H18N2O2/c1-18(2,3)17(21)19-13-10-8-12(9-11-13)16-20-14-6-4-5-7-15(14)22-16/h4-11H,1-3H3,(H,19,21). The third kappa shape index (κ3) is 2.86. The number of amides is 1. The second-order valence-corrected chi connectivity index (χ2v) is 6.27. The predicted octanol–water partition coefficient (Wildman–Crippen LogP) is 4.48. The molecule has 22 heavy (non-hydrogen) atoms. The van der Waals surface area contributed by atoms with E-state index >= 15 is 0 Å². The lowest BCUT2D eigenvalue weighted by atomic mass is 9.95. The minimum atomic E-state index is -0.418. The fraction of sp³-hybridized carbons (Fsp3) is 0.222. The number of carbonyl (C=O) groups excluding carboxylic acids is 1. The average molecular weight is 294 g/mol. The number of oxazole rings is 1. The zero-order valence-electron chi connectivity index (χ0n) is 12.9. The highest BCUT2D eigenvalue weighted by atomic mass is 16.3. The highest BCUT2D eigenvalue weighted by Gasteiger charge is 2.21. The Morgan fingerprint density at radius 3 is 2.36 bits per heavy atom. The molecule has 0 atom stereocenters. The number of aromatic nitrogens is 1. The molecule has 0 spiro atoms. The number of para-hydroxylation sites is 2. The molecule has 0 aliphatic heterocycles. The third-order valence-electron chi connectivity index (χ3n) is 3.36. The fourth-order valence-electron chi connectivity index (χ4n) is 2.01. The topological polar surface area (TPSA) is 55.1 Å². The summed E-state index contributed by atoms with van der Waals surface area (Å²) in [5, 5.41) is 2.90. The van der Waals surface area contributed by atoms with Gasteiger partial charge >= 0.3 is 0 Å². The lowest BCUT2D eigenvalue weighted by molar-refractivity contribution is -0.123. The number of fused-ring (bicyclic) bond motifs is 1.